The van der Waals surface area contributed by atoms with E-state index in [-0.39, 0.29) is 24.3 Å². The number of likely N-dealkylation sites (tertiary alicyclic amines) is 1. The number of aromatic nitrogens is 2. The summed E-state index contributed by atoms with van der Waals surface area (Å²) < 4.78 is 5.57. The van der Waals surface area contributed by atoms with Gasteiger partial charge in [-0.05, 0) is 24.3 Å². The first-order valence-corrected chi connectivity index (χ1v) is 8.49. The molecule has 1 atom stereocenters. The maximum Gasteiger partial charge on any atom is 0.248 e. The van der Waals surface area contributed by atoms with Crippen molar-refractivity contribution in [1.29, 1.82) is 0 Å². The van der Waals surface area contributed by atoms with Crippen LogP contribution in [0.1, 0.15) is 25.2 Å². The Labute approximate surface area is 137 Å². The molecular weight excluding hydrogens is 316 g/mol. The van der Waals surface area contributed by atoms with E-state index < -0.39 is 0 Å². The van der Waals surface area contributed by atoms with Crippen molar-refractivity contribution in [1.82, 2.24) is 20.4 Å². The summed E-state index contributed by atoms with van der Waals surface area (Å²) in [5.74, 6) is 0.758. The normalized spacial score (nSPS) is 17.4. The quantitative estimate of drug-likeness (QED) is 0.894. The molecule has 1 fully saturated rings. The molecule has 1 saturated heterocycles. The minimum atomic E-state index is -0.350. The number of hydrogen-bond acceptors (Lipinski definition) is 6. The molecule has 23 heavy (non-hydrogen) atoms. The van der Waals surface area contributed by atoms with Gasteiger partial charge < -0.3 is 14.6 Å². The lowest BCUT2D eigenvalue weighted by molar-refractivity contribution is -0.138. The number of amides is 2. The molecule has 1 unspecified atom stereocenters. The van der Waals surface area contributed by atoms with Crippen molar-refractivity contribution in [3.05, 3.63) is 22.7 Å². The van der Waals surface area contributed by atoms with E-state index in [2.05, 4.69) is 15.5 Å². The molecule has 0 aliphatic carbocycles. The first-order valence-electron chi connectivity index (χ1n) is 7.55. The molecule has 0 radical (unpaired) electrons. The van der Waals surface area contributed by atoms with Crippen LogP contribution in [0.15, 0.2) is 21.2 Å². The molecule has 3 heterocycles. The van der Waals surface area contributed by atoms with Crippen molar-refractivity contribution in [3.63, 3.8) is 0 Å². The van der Waals surface area contributed by atoms with Gasteiger partial charge in [0, 0.05) is 37.4 Å². The zero-order valence-electron chi connectivity index (χ0n) is 12.8. The van der Waals surface area contributed by atoms with Crippen LogP contribution in [0.25, 0.3) is 11.5 Å². The predicted molar refractivity (Wildman–Crippen MR) is 84.7 cm³/mol. The number of likely N-dealkylation sites (N-methyl/N-ethyl adjacent to an activating group) is 1. The zero-order valence-corrected chi connectivity index (χ0v) is 13.6. The Morgan fingerprint density at radius 3 is 3.09 bits per heavy atom. The summed E-state index contributed by atoms with van der Waals surface area (Å²) in [6, 6.07) is 1.56. The number of thiophene rings is 1. The van der Waals surface area contributed by atoms with Gasteiger partial charge in [0.25, 0.3) is 0 Å². The Kier molecular flexibility index (Phi) is 4.71. The molecule has 122 valence electrons. The van der Waals surface area contributed by atoms with Crippen molar-refractivity contribution in [3.8, 4) is 11.5 Å². The average molecular weight is 334 g/mol. The maximum atomic E-state index is 12.3. The molecule has 2 aromatic rings. The summed E-state index contributed by atoms with van der Waals surface area (Å²) in [7, 11) is 1.59. The van der Waals surface area contributed by atoms with Crippen LogP contribution in [0.2, 0.25) is 0 Å². The summed E-state index contributed by atoms with van der Waals surface area (Å²) >= 11 is 1.56. The highest BCUT2D eigenvalue weighted by Gasteiger charge is 2.33. The number of rotatable bonds is 5. The number of carbonyl (C=O) groups is 2. The van der Waals surface area contributed by atoms with E-state index in [9.17, 15) is 9.59 Å². The van der Waals surface area contributed by atoms with Crippen LogP contribution in [0.4, 0.5) is 0 Å². The van der Waals surface area contributed by atoms with Gasteiger partial charge >= 0.3 is 0 Å². The molecule has 3 rings (SSSR count). The van der Waals surface area contributed by atoms with E-state index in [4.69, 9.17) is 4.42 Å². The van der Waals surface area contributed by atoms with Gasteiger partial charge in [0.05, 0.1) is 0 Å². The Morgan fingerprint density at radius 1 is 1.48 bits per heavy atom. The molecule has 0 aromatic carbocycles. The molecule has 1 aliphatic heterocycles. The van der Waals surface area contributed by atoms with Gasteiger partial charge in [-0.3, -0.25) is 9.59 Å². The third-order valence-electron chi connectivity index (χ3n) is 3.91. The fraction of sp³-hybridized carbons (Fsp3) is 0.467. The van der Waals surface area contributed by atoms with Gasteiger partial charge in [0.1, 0.15) is 6.04 Å². The minimum absolute atomic E-state index is 0.0496. The molecule has 1 aliphatic rings. The van der Waals surface area contributed by atoms with Crippen molar-refractivity contribution < 1.29 is 14.0 Å². The van der Waals surface area contributed by atoms with Crippen LogP contribution < -0.4 is 5.32 Å². The van der Waals surface area contributed by atoms with Crippen LogP contribution in [-0.2, 0) is 16.0 Å². The number of aryl methyl sites for hydroxylation is 1. The molecule has 2 amide bonds. The number of hydrogen-bond donors (Lipinski definition) is 1. The van der Waals surface area contributed by atoms with Crippen LogP contribution in [0.3, 0.4) is 0 Å². The molecule has 1 N–H and O–H groups in total. The van der Waals surface area contributed by atoms with Crippen LogP contribution in [0.5, 0.6) is 0 Å². The van der Waals surface area contributed by atoms with Crippen molar-refractivity contribution in [2.45, 2.75) is 31.7 Å². The summed E-state index contributed by atoms with van der Waals surface area (Å²) in [4.78, 5) is 25.8. The summed E-state index contributed by atoms with van der Waals surface area (Å²) in [5, 5.41) is 14.5. The first kappa shape index (κ1) is 15.7. The molecular formula is C15H18N4O3S. The molecule has 0 saturated carbocycles. The zero-order chi connectivity index (χ0) is 16.2. The molecule has 7 nitrogen and oxygen atoms in total. The lowest BCUT2D eigenvalue weighted by atomic mass is 10.2. The highest BCUT2D eigenvalue weighted by molar-refractivity contribution is 7.08. The standard InChI is InChI=1S/C15H18N4O3S/c1-16-14(21)11-3-2-7-19(11)13(20)5-4-12-17-18-15(22-12)10-6-8-23-9-10/h6,8-9,11H,2-5,7H2,1H3,(H,16,21). The lowest BCUT2D eigenvalue weighted by Crippen LogP contribution is -2.44. The molecule has 0 bridgehead atoms. The van der Waals surface area contributed by atoms with Gasteiger partial charge in [0.2, 0.25) is 23.6 Å². The second-order valence-electron chi connectivity index (χ2n) is 5.37. The van der Waals surface area contributed by atoms with E-state index >= 15 is 0 Å². The average Bonchev–Trinajstić information content (AvgIpc) is 3.32. The third kappa shape index (κ3) is 3.42. The Morgan fingerprint density at radius 2 is 2.35 bits per heavy atom. The second kappa shape index (κ2) is 6.91. The Hall–Kier alpha value is -2.22. The smallest absolute Gasteiger partial charge is 0.248 e. The summed E-state index contributed by atoms with van der Waals surface area (Å²) in [6.07, 6.45) is 2.21. The maximum absolute atomic E-state index is 12.3. The fourth-order valence-electron chi connectivity index (χ4n) is 2.72. The number of carbonyl (C=O) groups excluding carboxylic acids is 2. The van der Waals surface area contributed by atoms with E-state index in [0.717, 1.165) is 12.0 Å². The highest BCUT2D eigenvalue weighted by atomic mass is 32.1. The fourth-order valence-corrected chi connectivity index (χ4v) is 3.35. The van der Waals surface area contributed by atoms with Crippen molar-refractivity contribution >= 4 is 23.2 Å². The van der Waals surface area contributed by atoms with Crippen LogP contribution in [0, 0.1) is 0 Å². The predicted octanol–water partition coefficient (Wildman–Crippen LogP) is 1.47. The lowest BCUT2D eigenvalue weighted by Gasteiger charge is -2.23. The van der Waals surface area contributed by atoms with Gasteiger partial charge in [-0.2, -0.15) is 11.3 Å². The van der Waals surface area contributed by atoms with Gasteiger partial charge in [-0.25, -0.2) is 0 Å². The molecule has 8 heteroatoms. The van der Waals surface area contributed by atoms with Gasteiger partial charge in [0.15, 0.2) is 0 Å². The largest absolute Gasteiger partial charge is 0.421 e. The Balaban J connectivity index is 1.58. The van der Waals surface area contributed by atoms with E-state index in [1.807, 2.05) is 16.8 Å². The van der Waals surface area contributed by atoms with Gasteiger partial charge in [-0.1, -0.05) is 0 Å². The van der Waals surface area contributed by atoms with E-state index in [0.29, 0.717) is 31.2 Å². The number of nitrogens with one attached hydrogen (secondary N) is 1. The second-order valence-corrected chi connectivity index (χ2v) is 6.15. The molecule has 2 aromatic heterocycles. The van der Waals surface area contributed by atoms with Gasteiger partial charge in [-0.15, -0.1) is 10.2 Å². The Bertz CT molecular complexity index is 683. The first-order chi connectivity index (χ1) is 11.2. The topological polar surface area (TPSA) is 88.3 Å². The molecule has 0 spiro atoms. The van der Waals surface area contributed by atoms with Crippen molar-refractivity contribution in [2.24, 2.45) is 0 Å². The summed E-state index contributed by atoms with van der Waals surface area (Å²) in [6.45, 7) is 0.626. The van der Waals surface area contributed by atoms with Crippen molar-refractivity contribution in [2.75, 3.05) is 13.6 Å². The minimum Gasteiger partial charge on any atom is -0.421 e. The monoisotopic (exact) mass is 334 g/mol. The van der Waals surface area contributed by atoms with Crippen LogP contribution >= 0.6 is 11.3 Å². The summed E-state index contributed by atoms with van der Waals surface area (Å²) in [5.41, 5.74) is 0.888. The SMILES string of the molecule is CNC(=O)C1CCCN1C(=O)CCc1nnc(-c2ccsc2)o1. The van der Waals surface area contributed by atoms with E-state index in [1.54, 1.807) is 23.3 Å². The third-order valence-corrected chi connectivity index (χ3v) is 4.59. The highest BCUT2D eigenvalue weighted by Crippen LogP contribution is 2.22. The van der Waals surface area contributed by atoms with Crippen LogP contribution in [-0.4, -0.2) is 46.5 Å². The van der Waals surface area contributed by atoms with E-state index in [1.165, 1.54) is 0 Å². The number of nitrogens with zero attached hydrogens (tertiary/aromatic N) is 3.